The van der Waals surface area contributed by atoms with Crippen molar-refractivity contribution >= 4 is 11.7 Å². The summed E-state index contributed by atoms with van der Waals surface area (Å²) in [7, 11) is 0. The van der Waals surface area contributed by atoms with Crippen LogP contribution >= 0.6 is 0 Å². The highest BCUT2D eigenvalue weighted by atomic mass is 16.5. The predicted octanol–water partition coefficient (Wildman–Crippen LogP) is 1.97. The van der Waals surface area contributed by atoms with Gasteiger partial charge in [0.05, 0.1) is 0 Å². The van der Waals surface area contributed by atoms with Gasteiger partial charge in [-0.15, -0.1) is 0 Å². The average Bonchev–Trinajstić information content (AvgIpc) is 2.29. The van der Waals surface area contributed by atoms with Gasteiger partial charge in [-0.05, 0) is 12.0 Å². The average molecular weight is 207 g/mol. The normalized spacial score (nSPS) is 11.1. The second-order valence-corrected chi connectivity index (χ2v) is 2.96. The molecule has 0 amide bonds. The van der Waals surface area contributed by atoms with Crippen LogP contribution in [-0.2, 0) is 16.1 Å². The number of benzene rings is 1. The van der Waals surface area contributed by atoms with Crippen LogP contribution in [0.15, 0.2) is 35.5 Å². The van der Waals surface area contributed by atoms with E-state index < -0.39 is 5.97 Å². The van der Waals surface area contributed by atoms with E-state index in [4.69, 9.17) is 9.94 Å². The lowest BCUT2D eigenvalue weighted by atomic mass is 10.2. The zero-order valence-corrected chi connectivity index (χ0v) is 8.51. The molecule has 0 fully saturated rings. The summed E-state index contributed by atoms with van der Waals surface area (Å²) in [5, 5.41) is 11.3. The van der Waals surface area contributed by atoms with Crippen LogP contribution in [0.5, 0.6) is 0 Å². The molecule has 1 N–H and O–H groups in total. The molecule has 80 valence electrons. The smallest absolute Gasteiger partial charge is 0.356 e. The Kier molecular flexibility index (Phi) is 4.34. The molecule has 0 spiro atoms. The van der Waals surface area contributed by atoms with Crippen LogP contribution in [-0.4, -0.2) is 16.9 Å². The van der Waals surface area contributed by atoms with E-state index in [2.05, 4.69) is 5.16 Å². The Hall–Kier alpha value is -1.84. The summed E-state index contributed by atoms with van der Waals surface area (Å²) in [6.45, 7) is 1.91. The molecule has 4 nitrogen and oxygen atoms in total. The molecular weight excluding hydrogens is 194 g/mol. The van der Waals surface area contributed by atoms with E-state index in [0.29, 0.717) is 6.42 Å². The molecule has 0 bridgehead atoms. The van der Waals surface area contributed by atoms with Crippen LogP contribution in [0.1, 0.15) is 18.9 Å². The minimum Gasteiger partial charge on any atom is -0.456 e. The molecule has 0 saturated carbocycles. The van der Waals surface area contributed by atoms with Crippen LogP contribution in [0, 0.1) is 0 Å². The van der Waals surface area contributed by atoms with Crippen LogP contribution in [0.4, 0.5) is 0 Å². The minimum atomic E-state index is -0.580. The lowest BCUT2D eigenvalue weighted by Crippen LogP contribution is -2.16. The van der Waals surface area contributed by atoms with Crippen molar-refractivity contribution in [1.29, 1.82) is 0 Å². The third-order valence-corrected chi connectivity index (χ3v) is 1.90. The second-order valence-electron chi connectivity index (χ2n) is 2.96. The number of hydrogen-bond acceptors (Lipinski definition) is 4. The Morgan fingerprint density at radius 2 is 2.07 bits per heavy atom. The molecule has 0 aliphatic rings. The third-order valence-electron chi connectivity index (χ3n) is 1.90. The van der Waals surface area contributed by atoms with Gasteiger partial charge >= 0.3 is 5.97 Å². The quantitative estimate of drug-likeness (QED) is 0.355. The van der Waals surface area contributed by atoms with Gasteiger partial charge in [0, 0.05) is 0 Å². The lowest BCUT2D eigenvalue weighted by Gasteiger charge is -2.04. The largest absolute Gasteiger partial charge is 0.456 e. The van der Waals surface area contributed by atoms with Crippen molar-refractivity contribution in [3.63, 3.8) is 0 Å². The number of carbonyl (C=O) groups excluding carboxylic acids is 1. The number of ether oxygens (including phenoxy) is 1. The minimum absolute atomic E-state index is 0.0333. The van der Waals surface area contributed by atoms with Gasteiger partial charge < -0.3 is 9.94 Å². The van der Waals surface area contributed by atoms with Crippen molar-refractivity contribution < 1.29 is 14.7 Å². The van der Waals surface area contributed by atoms with E-state index in [1.54, 1.807) is 6.92 Å². The number of carbonyl (C=O) groups is 1. The summed E-state index contributed by atoms with van der Waals surface area (Å²) in [5.41, 5.74) is 0.935. The molecule has 0 radical (unpaired) electrons. The molecule has 0 unspecified atom stereocenters. The lowest BCUT2D eigenvalue weighted by molar-refractivity contribution is -0.137. The van der Waals surface area contributed by atoms with Gasteiger partial charge in [0.2, 0.25) is 0 Å². The Labute approximate surface area is 88.2 Å². The molecule has 0 aromatic heterocycles. The number of esters is 1. The van der Waals surface area contributed by atoms with E-state index in [0.717, 1.165) is 5.56 Å². The Balaban J connectivity index is 2.48. The Bertz CT molecular complexity index is 346. The molecule has 0 heterocycles. The van der Waals surface area contributed by atoms with Gasteiger partial charge in [0.25, 0.3) is 0 Å². The monoisotopic (exact) mass is 207 g/mol. The highest BCUT2D eigenvalue weighted by Gasteiger charge is 2.11. The van der Waals surface area contributed by atoms with Crippen LogP contribution < -0.4 is 0 Å². The van der Waals surface area contributed by atoms with Crippen molar-refractivity contribution in [3.05, 3.63) is 35.9 Å². The topological polar surface area (TPSA) is 58.9 Å². The third kappa shape index (κ3) is 3.42. The maximum Gasteiger partial charge on any atom is 0.356 e. The van der Waals surface area contributed by atoms with Crippen LogP contribution in [0.3, 0.4) is 0 Å². The van der Waals surface area contributed by atoms with Crippen molar-refractivity contribution in [2.45, 2.75) is 20.0 Å². The predicted molar refractivity (Wildman–Crippen MR) is 55.8 cm³/mol. The van der Waals surface area contributed by atoms with Crippen molar-refractivity contribution in [3.8, 4) is 0 Å². The van der Waals surface area contributed by atoms with E-state index in [9.17, 15) is 4.79 Å². The SMILES string of the molecule is CC/C(=N\O)C(=O)OCc1ccccc1. The number of hydrogen-bond donors (Lipinski definition) is 1. The first-order valence-electron chi connectivity index (χ1n) is 4.70. The summed E-state index contributed by atoms with van der Waals surface area (Å²) < 4.78 is 4.94. The maximum atomic E-state index is 11.3. The maximum absolute atomic E-state index is 11.3. The number of oxime groups is 1. The molecule has 0 saturated heterocycles. The Morgan fingerprint density at radius 1 is 1.40 bits per heavy atom. The number of rotatable bonds is 4. The standard InChI is InChI=1S/C11H13NO3/c1-2-10(12-14)11(13)15-8-9-6-4-3-5-7-9/h3-7,14H,2,8H2,1H3/b12-10+. The van der Waals surface area contributed by atoms with Crippen molar-refractivity contribution in [1.82, 2.24) is 0 Å². The molecule has 0 aliphatic heterocycles. The van der Waals surface area contributed by atoms with Gasteiger partial charge in [0.15, 0.2) is 5.71 Å². The van der Waals surface area contributed by atoms with Crippen molar-refractivity contribution in [2.75, 3.05) is 0 Å². The van der Waals surface area contributed by atoms with Crippen molar-refractivity contribution in [2.24, 2.45) is 5.16 Å². The van der Waals surface area contributed by atoms with Gasteiger partial charge in [-0.1, -0.05) is 42.4 Å². The molecule has 1 aromatic carbocycles. The zero-order valence-electron chi connectivity index (χ0n) is 8.51. The summed E-state index contributed by atoms with van der Waals surface area (Å²) in [6.07, 6.45) is 0.351. The molecule has 4 heteroatoms. The van der Waals surface area contributed by atoms with Gasteiger partial charge in [-0.2, -0.15) is 0 Å². The molecule has 1 aromatic rings. The first-order valence-corrected chi connectivity index (χ1v) is 4.70. The van der Waals surface area contributed by atoms with Gasteiger partial charge in [0.1, 0.15) is 6.61 Å². The number of nitrogens with zero attached hydrogens (tertiary/aromatic N) is 1. The van der Waals surface area contributed by atoms with E-state index in [1.165, 1.54) is 0 Å². The fourth-order valence-corrected chi connectivity index (χ4v) is 1.06. The first-order chi connectivity index (χ1) is 7.27. The molecular formula is C11H13NO3. The van der Waals surface area contributed by atoms with E-state index in [-0.39, 0.29) is 12.3 Å². The Morgan fingerprint density at radius 3 is 2.60 bits per heavy atom. The second kappa shape index (κ2) is 5.80. The summed E-state index contributed by atoms with van der Waals surface area (Å²) in [4.78, 5) is 11.3. The molecule has 15 heavy (non-hydrogen) atoms. The van der Waals surface area contributed by atoms with Gasteiger partial charge in [-0.25, -0.2) is 4.79 Å². The van der Waals surface area contributed by atoms with Gasteiger partial charge in [-0.3, -0.25) is 0 Å². The van der Waals surface area contributed by atoms with Crippen LogP contribution in [0.2, 0.25) is 0 Å². The zero-order chi connectivity index (χ0) is 11.1. The molecule has 0 atom stereocenters. The highest BCUT2D eigenvalue weighted by Crippen LogP contribution is 2.01. The summed E-state index contributed by atoms with van der Waals surface area (Å²) in [6, 6.07) is 9.33. The fourth-order valence-electron chi connectivity index (χ4n) is 1.06. The molecule has 1 rings (SSSR count). The first kappa shape index (κ1) is 11.2. The van der Waals surface area contributed by atoms with E-state index >= 15 is 0 Å². The van der Waals surface area contributed by atoms with Crippen LogP contribution in [0.25, 0.3) is 0 Å². The highest BCUT2D eigenvalue weighted by molar-refractivity contribution is 6.36. The summed E-state index contributed by atoms with van der Waals surface area (Å²) >= 11 is 0. The fraction of sp³-hybridized carbons (Fsp3) is 0.273. The summed E-state index contributed by atoms with van der Waals surface area (Å²) in [5.74, 6) is -0.580. The molecule has 0 aliphatic carbocycles. The van der Waals surface area contributed by atoms with E-state index in [1.807, 2.05) is 30.3 Å².